The Bertz CT molecular complexity index is 212. The fourth-order valence-corrected chi connectivity index (χ4v) is 0.802. The van der Waals surface area contributed by atoms with E-state index in [9.17, 15) is 18.4 Å². The van der Waals surface area contributed by atoms with Gasteiger partial charge in [-0.05, 0) is 0 Å². The third-order valence-electron chi connectivity index (χ3n) is 1.63. The SMILES string of the molecule is O=C(O)C(=O)CC1CC1(F)F. The van der Waals surface area contributed by atoms with Gasteiger partial charge in [-0.3, -0.25) is 4.79 Å². The van der Waals surface area contributed by atoms with Crippen molar-refractivity contribution in [3.63, 3.8) is 0 Å². The van der Waals surface area contributed by atoms with E-state index in [-0.39, 0.29) is 6.42 Å². The van der Waals surface area contributed by atoms with Gasteiger partial charge >= 0.3 is 5.97 Å². The molecular formula is C6H6F2O3. The molecule has 1 rings (SSSR count). The zero-order valence-corrected chi connectivity index (χ0v) is 5.51. The number of alkyl halides is 2. The second kappa shape index (κ2) is 2.25. The highest BCUT2D eigenvalue weighted by Crippen LogP contribution is 2.50. The van der Waals surface area contributed by atoms with Gasteiger partial charge in [-0.15, -0.1) is 0 Å². The Hall–Kier alpha value is -1.00. The van der Waals surface area contributed by atoms with Crippen molar-refractivity contribution >= 4 is 11.8 Å². The number of carboxylic acid groups (broad SMARTS) is 1. The molecule has 0 aromatic heterocycles. The predicted octanol–water partition coefficient (Wildman–Crippen LogP) is 0.685. The number of halogens is 2. The summed E-state index contributed by atoms with van der Waals surface area (Å²) in [5, 5.41) is 8.03. The van der Waals surface area contributed by atoms with E-state index in [1.165, 1.54) is 0 Å². The quantitative estimate of drug-likeness (QED) is 0.624. The van der Waals surface area contributed by atoms with Gasteiger partial charge in [0.1, 0.15) is 0 Å². The molecule has 3 nitrogen and oxygen atoms in total. The molecule has 0 amide bonds. The largest absolute Gasteiger partial charge is 0.476 e. The molecule has 0 aliphatic heterocycles. The van der Waals surface area contributed by atoms with Crippen LogP contribution in [0.4, 0.5) is 8.78 Å². The predicted molar refractivity (Wildman–Crippen MR) is 30.3 cm³/mol. The molecule has 1 fully saturated rings. The first-order valence-electron chi connectivity index (χ1n) is 3.07. The summed E-state index contributed by atoms with van der Waals surface area (Å²) in [6.45, 7) is 0. The van der Waals surface area contributed by atoms with Crippen LogP contribution in [0, 0.1) is 5.92 Å². The Morgan fingerprint density at radius 2 is 2.00 bits per heavy atom. The summed E-state index contributed by atoms with van der Waals surface area (Å²) in [7, 11) is 0. The standard InChI is InChI=1S/C6H6F2O3/c7-6(8)2-3(6)1-4(9)5(10)11/h3H,1-2H2,(H,10,11). The molecule has 5 heteroatoms. The van der Waals surface area contributed by atoms with Gasteiger partial charge in [-0.25, -0.2) is 13.6 Å². The monoisotopic (exact) mass is 164 g/mol. The molecule has 0 saturated heterocycles. The van der Waals surface area contributed by atoms with Crippen LogP contribution in [0.5, 0.6) is 0 Å². The van der Waals surface area contributed by atoms with Crippen molar-refractivity contribution in [3.8, 4) is 0 Å². The smallest absolute Gasteiger partial charge is 0.372 e. The maximum atomic E-state index is 12.1. The lowest BCUT2D eigenvalue weighted by Gasteiger charge is -1.92. The molecule has 11 heavy (non-hydrogen) atoms. The fourth-order valence-electron chi connectivity index (χ4n) is 0.802. The lowest BCUT2D eigenvalue weighted by molar-refractivity contribution is -0.149. The molecule has 0 radical (unpaired) electrons. The summed E-state index contributed by atoms with van der Waals surface area (Å²) in [6, 6.07) is 0. The summed E-state index contributed by atoms with van der Waals surface area (Å²) in [6.07, 6.45) is -0.894. The van der Waals surface area contributed by atoms with Gasteiger partial charge < -0.3 is 5.11 Å². The number of aliphatic carboxylic acids is 1. The molecule has 1 aliphatic carbocycles. The van der Waals surface area contributed by atoms with Crippen LogP contribution in [-0.4, -0.2) is 22.8 Å². The van der Waals surface area contributed by atoms with E-state index in [1.54, 1.807) is 0 Å². The highest BCUT2D eigenvalue weighted by molar-refractivity contribution is 6.32. The normalized spacial score (nSPS) is 26.2. The van der Waals surface area contributed by atoms with E-state index in [2.05, 4.69) is 0 Å². The first-order valence-corrected chi connectivity index (χ1v) is 3.07. The van der Waals surface area contributed by atoms with Crippen LogP contribution >= 0.6 is 0 Å². The Labute approximate surface area is 61.0 Å². The molecule has 0 bridgehead atoms. The van der Waals surface area contributed by atoms with Crippen LogP contribution < -0.4 is 0 Å². The number of carboxylic acids is 1. The Kier molecular flexibility index (Phi) is 1.66. The summed E-state index contributed by atoms with van der Waals surface area (Å²) >= 11 is 0. The van der Waals surface area contributed by atoms with Crippen LogP contribution in [0.2, 0.25) is 0 Å². The molecule has 1 N–H and O–H groups in total. The van der Waals surface area contributed by atoms with E-state index in [0.29, 0.717) is 0 Å². The first-order chi connectivity index (χ1) is 4.93. The van der Waals surface area contributed by atoms with Crippen LogP contribution in [0.15, 0.2) is 0 Å². The van der Waals surface area contributed by atoms with E-state index in [0.717, 1.165) is 0 Å². The molecule has 1 saturated carbocycles. The minimum Gasteiger partial charge on any atom is -0.476 e. The van der Waals surface area contributed by atoms with Crippen LogP contribution in [0.1, 0.15) is 12.8 Å². The van der Waals surface area contributed by atoms with Gasteiger partial charge in [0.25, 0.3) is 5.92 Å². The zero-order chi connectivity index (χ0) is 8.65. The van der Waals surface area contributed by atoms with Crippen molar-refractivity contribution in [2.75, 3.05) is 0 Å². The maximum Gasteiger partial charge on any atom is 0.372 e. The van der Waals surface area contributed by atoms with Crippen molar-refractivity contribution < 1.29 is 23.5 Å². The number of rotatable bonds is 3. The number of carbonyl (C=O) groups excluding carboxylic acids is 1. The van der Waals surface area contributed by atoms with Crippen LogP contribution in [0.3, 0.4) is 0 Å². The minimum atomic E-state index is -2.80. The van der Waals surface area contributed by atoms with Crippen LogP contribution in [0.25, 0.3) is 0 Å². The van der Waals surface area contributed by atoms with Gasteiger partial charge in [0.05, 0.1) is 0 Å². The maximum absolute atomic E-state index is 12.1. The number of hydrogen-bond donors (Lipinski definition) is 1. The average Bonchev–Trinajstić information content (AvgIpc) is 2.39. The molecule has 1 aliphatic rings. The molecular weight excluding hydrogens is 158 g/mol. The van der Waals surface area contributed by atoms with Crippen LogP contribution in [-0.2, 0) is 9.59 Å². The third kappa shape index (κ3) is 1.72. The molecule has 0 heterocycles. The highest BCUT2D eigenvalue weighted by Gasteiger charge is 2.57. The second-order valence-electron chi connectivity index (χ2n) is 2.59. The Morgan fingerprint density at radius 3 is 2.27 bits per heavy atom. The van der Waals surface area contributed by atoms with Crippen molar-refractivity contribution in [2.24, 2.45) is 5.92 Å². The van der Waals surface area contributed by atoms with Gasteiger partial charge in [-0.1, -0.05) is 0 Å². The second-order valence-corrected chi connectivity index (χ2v) is 2.59. The van der Waals surface area contributed by atoms with Crippen molar-refractivity contribution in [1.29, 1.82) is 0 Å². The summed E-state index contributed by atoms with van der Waals surface area (Å²) in [4.78, 5) is 20.2. The molecule has 1 atom stereocenters. The lowest BCUT2D eigenvalue weighted by atomic mass is 10.2. The van der Waals surface area contributed by atoms with Gasteiger partial charge in [-0.2, -0.15) is 0 Å². The van der Waals surface area contributed by atoms with E-state index in [1.807, 2.05) is 0 Å². The lowest BCUT2D eigenvalue weighted by Crippen LogP contribution is -2.14. The van der Waals surface area contributed by atoms with Crippen molar-refractivity contribution in [3.05, 3.63) is 0 Å². The zero-order valence-electron chi connectivity index (χ0n) is 5.51. The summed E-state index contributed by atoms with van der Waals surface area (Å²) < 4.78 is 24.1. The number of ketones is 1. The summed E-state index contributed by atoms with van der Waals surface area (Å²) in [5.74, 6) is -6.60. The third-order valence-corrected chi connectivity index (χ3v) is 1.63. The number of carbonyl (C=O) groups is 2. The van der Waals surface area contributed by atoms with Crippen molar-refractivity contribution in [1.82, 2.24) is 0 Å². The fraction of sp³-hybridized carbons (Fsp3) is 0.667. The number of hydrogen-bond acceptors (Lipinski definition) is 2. The Morgan fingerprint density at radius 1 is 1.55 bits per heavy atom. The minimum absolute atomic E-state index is 0.355. The highest BCUT2D eigenvalue weighted by atomic mass is 19.3. The van der Waals surface area contributed by atoms with E-state index >= 15 is 0 Å². The van der Waals surface area contributed by atoms with E-state index in [4.69, 9.17) is 5.11 Å². The van der Waals surface area contributed by atoms with Gasteiger partial charge in [0, 0.05) is 18.8 Å². The van der Waals surface area contributed by atoms with Crippen molar-refractivity contribution in [2.45, 2.75) is 18.8 Å². The molecule has 62 valence electrons. The Balaban J connectivity index is 2.35. The molecule has 0 spiro atoms. The first kappa shape index (κ1) is 8.10. The average molecular weight is 164 g/mol. The molecule has 0 aromatic carbocycles. The molecule has 1 unspecified atom stereocenters. The topological polar surface area (TPSA) is 54.4 Å². The molecule has 0 aromatic rings. The van der Waals surface area contributed by atoms with E-state index < -0.39 is 30.0 Å². The van der Waals surface area contributed by atoms with Gasteiger partial charge in [0.15, 0.2) is 0 Å². The summed E-state index contributed by atoms with van der Waals surface area (Å²) in [5.41, 5.74) is 0. The van der Waals surface area contributed by atoms with Gasteiger partial charge in [0.2, 0.25) is 5.78 Å². The number of Topliss-reactive ketones (excluding diaryl/α,β-unsaturated/α-hetero) is 1.